The van der Waals surface area contributed by atoms with E-state index in [-0.39, 0.29) is 5.91 Å². The molecule has 98 valence electrons. The molecule has 1 aliphatic heterocycles. The standard InChI is InChI=1S/C12H18N4O2/c13-11-9-10(1-3-15-11)14-4-2-12(17)16-5-7-18-8-6-16/h1,3,9H,2,4-8H2,(H3,13,14,15). The molecule has 18 heavy (non-hydrogen) atoms. The van der Waals surface area contributed by atoms with E-state index in [0.29, 0.717) is 45.1 Å². The maximum atomic E-state index is 11.8. The van der Waals surface area contributed by atoms with Gasteiger partial charge in [0, 0.05) is 44.0 Å². The number of amides is 1. The topological polar surface area (TPSA) is 80.5 Å². The Morgan fingerprint density at radius 2 is 2.28 bits per heavy atom. The molecule has 1 amide bonds. The first kappa shape index (κ1) is 12.6. The Kier molecular flexibility index (Phi) is 4.35. The van der Waals surface area contributed by atoms with Crippen LogP contribution in [0.3, 0.4) is 0 Å². The number of morpholine rings is 1. The molecule has 6 nitrogen and oxygen atoms in total. The number of hydrogen-bond acceptors (Lipinski definition) is 5. The molecule has 1 aromatic heterocycles. The normalized spacial score (nSPS) is 15.4. The second-order valence-corrected chi connectivity index (χ2v) is 4.14. The van der Waals surface area contributed by atoms with Gasteiger partial charge < -0.3 is 20.7 Å². The zero-order chi connectivity index (χ0) is 12.8. The lowest BCUT2D eigenvalue weighted by molar-refractivity contribution is -0.134. The Bertz CT molecular complexity index is 405. The van der Waals surface area contributed by atoms with E-state index < -0.39 is 0 Å². The van der Waals surface area contributed by atoms with Gasteiger partial charge in [0.1, 0.15) is 5.82 Å². The van der Waals surface area contributed by atoms with Crippen LogP contribution in [-0.4, -0.2) is 48.6 Å². The summed E-state index contributed by atoms with van der Waals surface area (Å²) in [5.41, 5.74) is 6.45. The van der Waals surface area contributed by atoms with Crippen LogP contribution in [0.25, 0.3) is 0 Å². The van der Waals surface area contributed by atoms with Crippen molar-refractivity contribution in [2.24, 2.45) is 0 Å². The van der Waals surface area contributed by atoms with Crippen molar-refractivity contribution >= 4 is 17.4 Å². The summed E-state index contributed by atoms with van der Waals surface area (Å²) in [4.78, 5) is 17.6. The second-order valence-electron chi connectivity index (χ2n) is 4.14. The van der Waals surface area contributed by atoms with Gasteiger partial charge in [0.25, 0.3) is 0 Å². The molecule has 0 radical (unpaired) electrons. The van der Waals surface area contributed by atoms with Crippen LogP contribution in [-0.2, 0) is 9.53 Å². The fraction of sp³-hybridized carbons (Fsp3) is 0.500. The van der Waals surface area contributed by atoms with Gasteiger partial charge in [-0.25, -0.2) is 4.98 Å². The van der Waals surface area contributed by atoms with Gasteiger partial charge in [-0.15, -0.1) is 0 Å². The Morgan fingerprint density at radius 1 is 1.50 bits per heavy atom. The number of hydrogen-bond donors (Lipinski definition) is 2. The lowest BCUT2D eigenvalue weighted by Crippen LogP contribution is -2.41. The molecule has 0 spiro atoms. The number of ether oxygens (including phenoxy) is 1. The number of carbonyl (C=O) groups is 1. The molecular formula is C12H18N4O2. The van der Waals surface area contributed by atoms with Gasteiger partial charge in [0.15, 0.2) is 0 Å². The molecule has 0 aliphatic carbocycles. The minimum atomic E-state index is 0.160. The number of nitrogens with two attached hydrogens (primary N) is 1. The molecule has 3 N–H and O–H groups in total. The SMILES string of the molecule is Nc1cc(NCCC(=O)N2CCOCC2)ccn1. The number of nitrogens with zero attached hydrogens (tertiary/aromatic N) is 2. The number of pyridine rings is 1. The summed E-state index contributed by atoms with van der Waals surface area (Å²) in [7, 11) is 0. The number of rotatable bonds is 4. The Morgan fingerprint density at radius 3 is 3.00 bits per heavy atom. The highest BCUT2D eigenvalue weighted by molar-refractivity contribution is 5.76. The third-order valence-corrected chi connectivity index (χ3v) is 2.81. The largest absolute Gasteiger partial charge is 0.384 e. The Labute approximate surface area is 106 Å². The van der Waals surface area contributed by atoms with Crippen molar-refractivity contribution in [3.05, 3.63) is 18.3 Å². The molecule has 0 bridgehead atoms. The number of carbonyl (C=O) groups excluding carboxylic acids is 1. The summed E-state index contributed by atoms with van der Waals surface area (Å²) in [6.45, 7) is 3.27. The van der Waals surface area contributed by atoms with Crippen LogP contribution in [0.5, 0.6) is 0 Å². The molecule has 1 fully saturated rings. The third-order valence-electron chi connectivity index (χ3n) is 2.81. The minimum absolute atomic E-state index is 0.160. The van der Waals surface area contributed by atoms with Crippen LogP contribution >= 0.6 is 0 Å². The van der Waals surface area contributed by atoms with E-state index in [1.54, 1.807) is 12.3 Å². The van der Waals surface area contributed by atoms with Gasteiger partial charge >= 0.3 is 0 Å². The predicted octanol–water partition coefficient (Wildman–Crippen LogP) is 0.325. The Hall–Kier alpha value is -1.82. The first-order chi connectivity index (χ1) is 8.75. The van der Waals surface area contributed by atoms with Crippen LogP contribution in [0.4, 0.5) is 11.5 Å². The van der Waals surface area contributed by atoms with Gasteiger partial charge in [0.05, 0.1) is 13.2 Å². The first-order valence-corrected chi connectivity index (χ1v) is 6.06. The maximum absolute atomic E-state index is 11.8. The number of nitrogens with one attached hydrogen (secondary N) is 1. The lowest BCUT2D eigenvalue weighted by Gasteiger charge is -2.26. The molecule has 0 unspecified atom stereocenters. The average Bonchev–Trinajstić information content (AvgIpc) is 2.40. The van der Waals surface area contributed by atoms with E-state index in [1.165, 1.54) is 0 Å². The highest BCUT2D eigenvalue weighted by Crippen LogP contribution is 2.09. The summed E-state index contributed by atoms with van der Waals surface area (Å²) in [6.07, 6.45) is 2.11. The molecule has 1 aromatic rings. The summed E-state index contributed by atoms with van der Waals surface area (Å²) >= 11 is 0. The second kappa shape index (κ2) is 6.20. The predicted molar refractivity (Wildman–Crippen MR) is 69.2 cm³/mol. The van der Waals surface area contributed by atoms with Crippen molar-refractivity contribution in [2.75, 3.05) is 43.9 Å². The number of aromatic nitrogens is 1. The molecule has 0 saturated carbocycles. The van der Waals surface area contributed by atoms with E-state index >= 15 is 0 Å². The van der Waals surface area contributed by atoms with E-state index in [1.807, 2.05) is 11.0 Å². The van der Waals surface area contributed by atoms with E-state index in [9.17, 15) is 4.79 Å². The zero-order valence-electron chi connectivity index (χ0n) is 10.3. The molecule has 1 aliphatic rings. The minimum Gasteiger partial charge on any atom is -0.384 e. The maximum Gasteiger partial charge on any atom is 0.224 e. The summed E-state index contributed by atoms with van der Waals surface area (Å²) < 4.78 is 5.21. The highest BCUT2D eigenvalue weighted by atomic mass is 16.5. The quantitative estimate of drug-likeness (QED) is 0.804. The molecular weight excluding hydrogens is 232 g/mol. The lowest BCUT2D eigenvalue weighted by atomic mass is 10.3. The van der Waals surface area contributed by atoms with Gasteiger partial charge in [-0.1, -0.05) is 0 Å². The van der Waals surface area contributed by atoms with Crippen molar-refractivity contribution in [3.63, 3.8) is 0 Å². The summed E-state index contributed by atoms with van der Waals surface area (Å²) in [6, 6.07) is 3.58. The summed E-state index contributed by atoms with van der Waals surface area (Å²) in [5.74, 6) is 0.632. The molecule has 0 atom stereocenters. The smallest absolute Gasteiger partial charge is 0.224 e. The first-order valence-electron chi connectivity index (χ1n) is 6.06. The van der Waals surface area contributed by atoms with Crippen LogP contribution in [0.2, 0.25) is 0 Å². The zero-order valence-corrected chi connectivity index (χ0v) is 10.3. The number of anilines is 2. The molecule has 1 saturated heterocycles. The van der Waals surface area contributed by atoms with Crippen molar-refractivity contribution in [3.8, 4) is 0 Å². The van der Waals surface area contributed by atoms with Gasteiger partial charge in [-0.05, 0) is 6.07 Å². The van der Waals surface area contributed by atoms with E-state index in [4.69, 9.17) is 10.5 Å². The van der Waals surface area contributed by atoms with Crippen molar-refractivity contribution < 1.29 is 9.53 Å². The molecule has 0 aromatic carbocycles. The van der Waals surface area contributed by atoms with Crippen molar-refractivity contribution in [1.29, 1.82) is 0 Å². The highest BCUT2D eigenvalue weighted by Gasteiger charge is 2.15. The van der Waals surface area contributed by atoms with Crippen LogP contribution in [0.15, 0.2) is 18.3 Å². The Balaban J connectivity index is 1.73. The van der Waals surface area contributed by atoms with Crippen LogP contribution in [0, 0.1) is 0 Å². The van der Waals surface area contributed by atoms with Crippen LogP contribution < -0.4 is 11.1 Å². The van der Waals surface area contributed by atoms with Gasteiger partial charge in [-0.2, -0.15) is 0 Å². The third kappa shape index (κ3) is 3.59. The number of nitrogen functional groups attached to an aromatic ring is 1. The van der Waals surface area contributed by atoms with Crippen molar-refractivity contribution in [2.45, 2.75) is 6.42 Å². The van der Waals surface area contributed by atoms with Crippen molar-refractivity contribution in [1.82, 2.24) is 9.88 Å². The molecule has 2 heterocycles. The summed E-state index contributed by atoms with van der Waals surface area (Å²) in [5, 5.41) is 3.16. The van der Waals surface area contributed by atoms with E-state index in [0.717, 1.165) is 5.69 Å². The van der Waals surface area contributed by atoms with Crippen LogP contribution in [0.1, 0.15) is 6.42 Å². The monoisotopic (exact) mass is 250 g/mol. The molecule has 2 rings (SSSR count). The average molecular weight is 250 g/mol. The molecule has 6 heteroatoms. The van der Waals surface area contributed by atoms with Gasteiger partial charge in [-0.3, -0.25) is 4.79 Å². The fourth-order valence-corrected chi connectivity index (χ4v) is 1.84. The van der Waals surface area contributed by atoms with Gasteiger partial charge in [0.2, 0.25) is 5.91 Å². The van der Waals surface area contributed by atoms with E-state index in [2.05, 4.69) is 10.3 Å². The fourth-order valence-electron chi connectivity index (χ4n) is 1.84.